The first-order valence-corrected chi connectivity index (χ1v) is 20.2. The van der Waals surface area contributed by atoms with Crippen LogP contribution in [0.4, 0.5) is 0 Å². The van der Waals surface area contributed by atoms with E-state index in [1.807, 2.05) is 97.1 Å². The van der Waals surface area contributed by atoms with Crippen molar-refractivity contribution in [1.82, 2.24) is 9.80 Å². The molecule has 0 saturated carbocycles. The van der Waals surface area contributed by atoms with Crippen LogP contribution in [-0.4, -0.2) is 79.2 Å². The van der Waals surface area contributed by atoms with Gasteiger partial charge in [0, 0.05) is 56.8 Å². The van der Waals surface area contributed by atoms with Crippen LogP contribution in [0.25, 0.3) is 11.1 Å². The molecule has 2 atom stereocenters. The van der Waals surface area contributed by atoms with Crippen molar-refractivity contribution in [2.24, 2.45) is 0 Å². The van der Waals surface area contributed by atoms with E-state index in [1.165, 1.54) is 32.1 Å². The number of ether oxygens (including phenoxy) is 4. The second-order valence-corrected chi connectivity index (χ2v) is 14.6. The van der Waals surface area contributed by atoms with Crippen LogP contribution in [0.2, 0.25) is 0 Å². The molecule has 0 aromatic heterocycles. The number of nitrogens with zero attached hydrogens (tertiary/aromatic N) is 2. The molecule has 2 amide bonds. The fourth-order valence-electron chi connectivity index (χ4n) is 4.43. The zero-order valence-corrected chi connectivity index (χ0v) is 44.2. The Morgan fingerprint density at radius 1 is 0.429 bits per heavy atom. The summed E-state index contributed by atoms with van der Waals surface area (Å²) in [6.45, 7) is 8.33. The monoisotopic (exact) mass is 1020 g/mol. The van der Waals surface area contributed by atoms with Crippen LogP contribution in [-0.2, 0) is 29.1 Å². The Morgan fingerprint density at radius 3 is 0.952 bits per heavy atom. The molecule has 13 heteroatoms. The van der Waals surface area contributed by atoms with Crippen molar-refractivity contribution < 1.29 is 72.8 Å². The van der Waals surface area contributed by atoms with Crippen molar-refractivity contribution in [1.29, 1.82) is 0 Å². The van der Waals surface area contributed by atoms with Gasteiger partial charge < -0.3 is 53.6 Å². The van der Waals surface area contributed by atoms with E-state index in [2.05, 4.69) is 94.7 Å². The van der Waals surface area contributed by atoms with Crippen molar-refractivity contribution in [3.8, 4) is 34.1 Å². The van der Waals surface area contributed by atoms with Crippen molar-refractivity contribution in [2.75, 3.05) is 56.6 Å². The maximum atomic E-state index is 9.43. The van der Waals surface area contributed by atoms with Crippen LogP contribution >= 0.6 is 18.5 Å². The van der Waals surface area contributed by atoms with Crippen LogP contribution in [0, 0.1) is 27.7 Å². The maximum absolute atomic E-state index is 9.43. The van der Waals surface area contributed by atoms with E-state index < -0.39 is 0 Å². The number of hydrogen-bond donors (Lipinski definition) is 0. The van der Waals surface area contributed by atoms with Crippen LogP contribution in [0.15, 0.2) is 146 Å². The molecule has 2 unspecified atom stereocenters. The largest absolute Gasteiger partial charge is 3.00 e. The van der Waals surface area contributed by atoms with Crippen molar-refractivity contribution in [2.45, 2.75) is 27.7 Å². The minimum Gasteiger partial charge on any atom is -1.00 e. The summed E-state index contributed by atoms with van der Waals surface area (Å²) in [5.74, 6) is 2.93. The summed E-state index contributed by atoms with van der Waals surface area (Å²) >= 11 is 0. The molecule has 63 heavy (non-hydrogen) atoms. The molecule has 0 heterocycles. The van der Waals surface area contributed by atoms with Crippen LogP contribution in [0.5, 0.6) is 23.0 Å². The first-order chi connectivity index (χ1) is 28.7. The molecule has 0 aliphatic rings. The van der Waals surface area contributed by atoms with Crippen molar-refractivity contribution in [3.63, 3.8) is 0 Å². The van der Waals surface area contributed by atoms with E-state index >= 15 is 0 Å². The van der Waals surface area contributed by atoms with Gasteiger partial charge in [0.2, 0.25) is 12.8 Å². The van der Waals surface area contributed by atoms with Gasteiger partial charge in [-0.3, -0.25) is 9.59 Å². The average molecular weight is 1030 g/mol. The molecule has 0 N–H and O–H groups in total. The van der Waals surface area contributed by atoms with Crippen molar-refractivity contribution >= 4 is 41.9 Å². The molecule has 1 radical (unpaired) electrons. The van der Waals surface area contributed by atoms with Gasteiger partial charge in [-0.25, -0.2) is 0 Å². The molecule has 0 aliphatic heterocycles. The fourth-order valence-corrected chi connectivity index (χ4v) is 5.26. The third kappa shape index (κ3) is 31.1. The van der Waals surface area contributed by atoms with Gasteiger partial charge in [-0.1, -0.05) is 144 Å². The minimum atomic E-state index is 0. The smallest absolute Gasteiger partial charge is 1.00 e. The van der Waals surface area contributed by atoms with Gasteiger partial charge in [0.05, 0.1) is 28.4 Å². The molecular weight excluding hydrogens is 958 g/mol. The van der Waals surface area contributed by atoms with E-state index in [0.29, 0.717) is 0 Å². The number of hydrogen-bond acceptors (Lipinski definition) is 6. The molecule has 343 valence electrons. The number of methoxy groups -OCH3 is 4. The number of amides is 2. The van der Waals surface area contributed by atoms with Crippen molar-refractivity contribution in [3.05, 3.63) is 168 Å². The summed E-state index contributed by atoms with van der Waals surface area (Å²) in [5, 5.41) is 1.91. The quantitative estimate of drug-likeness (QED) is 0.138. The molecule has 6 aromatic carbocycles. The third-order valence-corrected chi connectivity index (χ3v) is 8.47. The normalized spacial score (nSPS) is 8.54. The predicted molar refractivity (Wildman–Crippen MR) is 261 cm³/mol. The van der Waals surface area contributed by atoms with Gasteiger partial charge in [0.25, 0.3) is 0 Å². The van der Waals surface area contributed by atoms with Gasteiger partial charge in [-0.15, -0.1) is 18.5 Å². The SMILES string of the molecule is CN(C)C=O.CN(C)C=O.COc1cc(P)c(-c2cc(P)c(OC)cc2OC)c(OC)c1.Cc1ccccc1.Cc1ccccc1.Cc1ccccc1.Cc1ccccc1.[Cl-].[Cl-].[Ru+3]. The van der Waals surface area contributed by atoms with E-state index in [-0.39, 0.29) is 44.3 Å². The van der Waals surface area contributed by atoms with Crippen LogP contribution in [0.3, 0.4) is 0 Å². The number of halogens is 2. The van der Waals surface area contributed by atoms with Crippen LogP contribution < -0.4 is 54.4 Å². The Kier molecular flexibility index (Phi) is 41.7. The van der Waals surface area contributed by atoms with Gasteiger partial charge >= 0.3 is 19.5 Å². The molecule has 0 aliphatic carbocycles. The summed E-state index contributed by atoms with van der Waals surface area (Å²) in [7, 11) is 18.7. The Bertz CT molecular complexity index is 1860. The molecular formula is C50H66Cl2N2O6P2Ru+. The first kappa shape index (κ1) is 65.1. The number of aryl methyl sites for hydroxylation is 4. The van der Waals surface area contributed by atoms with Gasteiger partial charge in [-0.2, -0.15) is 0 Å². The summed E-state index contributed by atoms with van der Waals surface area (Å²) in [6.07, 6.45) is 1.50. The Morgan fingerprint density at radius 2 is 0.730 bits per heavy atom. The van der Waals surface area contributed by atoms with Gasteiger partial charge in [-0.05, 0) is 45.1 Å². The van der Waals surface area contributed by atoms with E-state index in [9.17, 15) is 9.59 Å². The summed E-state index contributed by atoms with van der Waals surface area (Å²) in [6, 6.07) is 48.7. The summed E-state index contributed by atoms with van der Waals surface area (Å²) in [4.78, 5) is 21.8. The maximum Gasteiger partial charge on any atom is 3.00 e. The molecule has 6 rings (SSSR count). The number of rotatable bonds is 7. The Hall–Kier alpha value is -4.48. The van der Waals surface area contributed by atoms with Gasteiger partial charge in [0.1, 0.15) is 23.0 Å². The molecule has 0 spiro atoms. The summed E-state index contributed by atoms with van der Waals surface area (Å²) < 4.78 is 21.7. The topological polar surface area (TPSA) is 77.5 Å². The van der Waals surface area contributed by atoms with Gasteiger partial charge in [0.15, 0.2) is 0 Å². The molecule has 0 bridgehead atoms. The zero-order chi connectivity index (χ0) is 45.3. The molecule has 6 aromatic rings. The first-order valence-electron chi connectivity index (χ1n) is 19.0. The number of benzene rings is 6. The average Bonchev–Trinajstić information content (AvgIpc) is 3.25. The Labute approximate surface area is 408 Å². The minimum absolute atomic E-state index is 0. The number of carbonyl (C=O) groups excluding carboxylic acids is 2. The molecule has 8 nitrogen and oxygen atoms in total. The number of carbonyl (C=O) groups is 2. The fraction of sp³-hybridized carbons (Fsp3) is 0.240. The molecule has 0 fully saturated rings. The van der Waals surface area contributed by atoms with E-state index in [1.54, 1.807) is 56.6 Å². The molecule has 0 saturated heterocycles. The van der Waals surface area contributed by atoms with Crippen LogP contribution in [0.1, 0.15) is 22.3 Å². The Balaban J connectivity index is -0.000000354. The zero-order valence-electron chi connectivity index (χ0n) is 38.6. The van der Waals surface area contributed by atoms with E-state index in [0.717, 1.165) is 57.6 Å². The third-order valence-electron chi connectivity index (χ3n) is 7.57. The summed E-state index contributed by atoms with van der Waals surface area (Å²) in [5.41, 5.74) is 7.16. The predicted octanol–water partition coefficient (Wildman–Crippen LogP) is 3.78. The standard InChI is InChI=1S/C16H20O4P2.4C7H8.2C3H7NO.2ClH.Ru/c1-17-9-5-13(20-4)16(15(22)6-9)10-7-14(21)12(19-3)8-11(10)18-2;4*1-7-5-3-2-4-6-7;2*1-4(2)3-5;;;/h5-8H,21-22H2,1-4H3;4*2-6H,1H3;2*3H,1-2H3;2*1H;/q;;;;;;;;;+3/p-2. The van der Waals surface area contributed by atoms with E-state index in [4.69, 9.17) is 18.9 Å². The second-order valence-electron chi connectivity index (χ2n) is 13.3. The second kappa shape index (κ2) is 40.3.